The molecule has 0 unspecified atom stereocenters. The summed E-state index contributed by atoms with van der Waals surface area (Å²) < 4.78 is 0. The van der Waals surface area contributed by atoms with Crippen LogP contribution in [0.3, 0.4) is 0 Å². The predicted octanol–water partition coefficient (Wildman–Crippen LogP) is 3.60. The van der Waals surface area contributed by atoms with E-state index in [1.807, 2.05) is 43.3 Å². The summed E-state index contributed by atoms with van der Waals surface area (Å²) in [6.45, 7) is 5.58. The van der Waals surface area contributed by atoms with Gasteiger partial charge in [-0.15, -0.1) is 0 Å². The van der Waals surface area contributed by atoms with E-state index in [0.717, 1.165) is 22.4 Å². The van der Waals surface area contributed by atoms with Gasteiger partial charge >= 0.3 is 0 Å². The molecule has 0 atom stereocenters. The number of fused-ring (bicyclic) bond motifs is 1. The third-order valence-corrected chi connectivity index (χ3v) is 3.37. The molecule has 7 heteroatoms. The van der Waals surface area contributed by atoms with Crippen LogP contribution in [0.5, 0.6) is 0 Å². The summed E-state index contributed by atoms with van der Waals surface area (Å²) in [5, 5.41) is 6.42. The van der Waals surface area contributed by atoms with E-state index < -0.39 is 0 Å². The van der Waals surface area contributed by atoms with Crippen LogP contribution in [0.15, 0.2) is 43.0 Å². The lowest BCUT2D eigenvalue weighted by atomic mass is 10.3. The van der Waals surface area contributed by atoms with Gasteiger partial charge in [-0.1, -0.05) is 30.9 Å². The summed E-state index contributed by atoms with van der Waals surface area (Å²) in [4.78, 5) is 15.1. The number of nitrogens with zero attached hydrogens (tertiary/aromatic N) is 2. The van der Waals surface area contributed by atoms with E-state index in [1.165, 1.54) is 0 Å². The van der Waals surface area contributed by atoms with Crippen molar-refractivity contribution in [2.45, 2.75) is 6.92 Å². The molecule has 0 spiro atoms. The number of hydrogen-bond donors (Lipinski definition) is 4. The number of anilines is 2. The van der Waals surface area contributed by atoms with Crippen LogP contribution < -0.4 is 10.6 Å². The number of nitrogens with one attached hydrogen (secondary N) is 4. The maximum absolute atomic E-state index is 5.29. The van der Waals surface area contributed by atoms with Gasteiger partial charge in [0.15, 0.2) is 5.11 Å². The van der Waals surface area contributed by atoms with Gasteiger partial charge in [-0.3, -0.25) is 0 Å². The molecule has 3 rings (SSSR count). The van der Waals surface area contributed by atoms with Gasteiger partial charge < -0.3 is 20.6 Å². The highest BCUT2D eigenvalue weighted by molar-refractivity contribution is 7.80. The molecule has 0 fully saturated rings. The highest BCUT2D eigenvalue weighted by Gasteiger charge is 2.07. The summed E-state index contributed by atoms with van der Waals surface area (Å²) in [5.74, 6) is 1.15. The zero-order chi connectivity index (χ0) is 16.2. The molecule has 0 amide bonds. The fraction of sp³-hybridized carbons (Fsp3) is 0.0625. The number of thiocarbonyl (C=S) groups is 1. The Morgan fingerprint density at radius 2 is 1.91 bits per heavy atom. The van der Waals surface area contributed by atoms with Crippen molar-refractivity contribution in [2.24, 2.45) is 0 Å². The van der Waals surface area contributed by atoms with Crippen molar-refractivity contribution in [3.05, 3.63) is 54.4 Å². The predicted molar refractivity (Wildman–Crippen MR) is 98.5 cm³/mol. The van der Waals surface area contributed by atoms with Gasteiger partial charge in [0.1, 0.15) is 0 Å². The summed E-state index contributed by atoms with van der Waals surface area (Å²) >= 11 is 5.29. The highest BCUT2D eigenvalue weighted by atomic mass is 32.1. The second kappa shape index (κ2) is 6.45. The van der Waals surface area contributed by atoms with Crippen LogP contribution in [0.25, 0.3) is 17.1 Å². The Bertz CT molecular complexity index is 856. The monoisotopic (exact) mass is 324 g/mol. The topological polar surface area (TPSA) is 81.4 Å². The maximum Gasteiger partial charge on any atom is 0.207 e. The van der Waals surface area contributed by atoms with Gasteiger partial charge in [0.05, 0.1) is 16.7 Å². The van der Waals surface area contributed by atoms with Crippen molar-refractivity contribution in [3.8, 4) is 0 Å². The lowest BCUT2D eigenvalue weighted by Crippen LogP contribution is -2.20. The largest absolute Gasteiger partial charge is 0.328 e. The molecular weight excluding hydrogens is 308 g/mol. The lowest BCUT2D eigenvalue weighted by Gasteiger charge is -2.04. The summed E-state index contributed by atoms with van der Waals surface area (Å²) in [6, 6.07) is 7.78. The van der Waals surface area contributed by atoms with E-state index in [9.17, 15) is 0 Å². The number of para-hydroxylation sites is 2. The van der Waals surface area contributed by atoms with Gasteiger partial charge in [-0.05, 0) is 37.4 Å². The number of imidazole rings is 2. The highest BCUT2D eigenvalue weighted by Crippen LogP contribution is 2.14. The van der Waals surface area contributed by atoms with Crippen molar-refractivity contribution in [2.75, 3.05) is 10.6 Å². The number of H-pyrrole nitrogens is 2. The number of rotatable bonds is 4. The average Bonchev–Trinajstić information content (AvgIpc) is 3.07. The fourth-order valence-corrected chi connectivity index (χ4v) is 2.31. The first-order valence-corrected chi connectivity index (χ1v) is 7.45. The van der Waals surface area contributed by atoms with Gasteiger partial charge in [0, 0.05) is 5.69 Å². The van der Waals surface area contributed by atoms with Gasteiger partial charge in [-0.25, -0.2) is 9.97 Å². The molecule has 3 aromatic rings. The minimum absolute atomic E-state index is 0.400. The summed E-state index contributed by atoms with van der Waals surface area (Å²) in [7, 11) is 0. The normalized spacial score (nSPS) is 11.0. The van der Waals surface area contributed by atoms with E-state index in [4.69, 9.17) is 12.2 Å². The van der Waals surface area contributed by atoms with E-state index in [2.05, 4.69) is 37.1 Å². The first-order valence-electron chi connectivity index (χ1n) is 7.04. The number of hydrogen-bond acceptors (Lipinski definition) is 3. The van der Waals surface area contributed by atoms with Crippen molar-refractivity contribution < 1.29 is 0 Å². The van der Waals surface area contributed by atoms with Crippen LogP contribution in [0, 0.1) is 6.92 Å². The molecule has 6 nitrogen and oxygen atoms in total. The van der Waals surface area contributed by atoms with Crippen LogP contribution in [0.4, 0.5) is 11.9 Å². The molecule has 23 heavy (non-hydrogen) atoms. The molecule has 4 N–H and O–H groups in total. The quantitative estimate of drug-likeness (QED) is 0.435. The Balaban J connectivity index is 1.69. The first kappa shape index (κ1) is 15.0. The van der Waals surface area contributed by atoms with E-state index in [1.54, 1.807) is 6.08 Å². The van der Waals surface area contributed by atoms with Crippen molar-refractivity contribution >= 4 is 46.3 Å². The summed E-state index contributed by atoms with van der Waals surface area (Å²) in [6.07, 6.45) is 5.41. The minimum Gasteiger partial charge on any atom is -0.328 e. The Morgan fingerprint density at radius 3 is 2.65 bits per heavy atom. The van der Waals surface area contributed by atoms with Gasteiger partial charge in [0.2, 0.25) is 11.9 Å². The first-order chi connectivity index (χ1) is 11.2. The molecule has 0 radical (unpaired) electrons. The fourth-order valence-electron chi connectivity index (χ4n) is 2.11. The molecular formula is C16H16N6S. The Labute approximate surface area is 138 Å². The molecule has 0 bridgehead atoms. The summed E-state index contributed by atoms with van der Waals surface area (Å²) in [5.41, 5.74) is 3.60. The molecule has 0 aliphatic heterocycles. The van der Waals surface area contributed by atoms with E-state index in [0.29, 0.717) is 17.0 Å². The number of aryl methyl sites for hydroxylation is 1. The SMILES string of the molecule is C=CC=Cc1nc(NC(=S)Nc2nc3ccccc3[nH]2)[nH]c1C. The molecule has 1 aromatic carbocycles. The molecule has 116 valence electrons. The minimum atomic E-state index is 0.400. The lowest BCUT2D eigenvalue weighted by molar-refractivity contribution is 1.25. The Kier molecular flexibility index (Phi) is 4.20. The zero-order valence-corrected chi connectivity index (χ0v) is 13.4. The second-order valence-electron chi connectivity index (χ2n) is 4.87. The van der Waals surface area contributed by atoms with Crippen molar-refractivity contribution in [1.29, 1.82) is 0 Å². The standard InChI is InChI=1S/C16H16N6S/c1-3-4-7-11-10(2)17-14(18-11)21-16(23)22-15-19-12-8-5-6-9-13(12)20-15/h3-9H,1H2,2H3,(H4,17,18,19,20,21,22,23). The van der Waals surface area contributed by atoms with E-state index >= 15 is 0 Å². The average molecular weight is 324 g/mol. The van der Waals surface area contributed by atoms with Crippen molar-refractivity contribution in [1.82, 2.24) is 19.9 Å². The van der Waals surface area contributed by atoms with Crippen LogP contribution in [0.1, 0.15) is 11.4 Å². The Hall–Kier alpha value is -2.93. The molecule has 0 aliphatic carbocycles. The van der Waals surface area contributed by atoms with Gasteiger partial charge in [-0.2, -0.15) is 0 Å². The Morgan fingerprint density at radius 1 is 1.17 bits per heavy atom. The number of benzene rings is 1. The maximum atomic E-state index is 5.29. The van der Waals surface area contributed by atoms with Crippen LogP contribution in [-0.4, -0.2) is 25.0 Å². The van der Waals surface area contributed by atoms with Gasteiger partial charge in [0.25, 0.3) is 0 Å². The zero-order valence-electron chi connectivity index (χ0n) is 12.6. The second-order valence-corrected chi connectivity index (χ2v) is 5.28. The number of aromatic nitrogens is 4. The third-order valence-electron chi connectivity index (χ3n) is 3.17. The molecule has 2 aromatic heterocycles. The van der Waals surface area contributed by atoms with Crippen LogP contribution in [0.2, 0.25) is 0 Å². The van der Waals surface area contributed by atoms with Crippen LogP contribution >= 0.6 is 12.2 Å². The molecule has 0 saturated carbocycles. The van der Waals surface area contributed by atoms with E-state index in [-0.39, 0.29) is 0 Å². The molecule has 0 aliphatic rings. The molecule has 2 heterocycles. The third kappa shape index (κ3) is 3.46. The van der Waals surface area contributed by atoms with Crippen molar-refractivity contribution in [3.63, 3.8) is 0 Å². The number of allylic oxidation sites excluding steroid dienone is 2. The molecule has 0 saturated heterocycles. The number of aromatic amines is 2. The van der Waals surface area contributed by atoms with Crippen LogP contribution in [-0.2, 0) is 0 Å². The smallest absolute Gasteiger partial charge is 0.207 e.